The summed E-state index contributed by atoms with van der Waals surface area (Å²) in [5, 5.41) is 11.7. The highest BCUT2D eigenvalue weighted by Crippen LogP contribution is 2.22. The van der Waals surface area contributed by atoms with Crippen molar-refractivity contribution >= 4 is 22.6 Å². The Bertz CT molecular complexity index is 618. The molecule has 0 radical (unpaired) electrons. The van der Waals surface area contributed by atoms with Crippen LogP contribution in [0.15, 0.2) is 30.5 Å². The van der Waals surface area contributed by atoms with Gasteiger partial charge in [-0.2, -0.15) is 0 Å². The fourth-order valence-corrected chi connectivity index (χ4v) is 1.98. The Labute approximate surface area is 109 Å². The predicted octanol–water partition coefficient (Wildman–Crippen LogP) is 2.50. The minimum absolute atomic E-state index is 0.0698. The maximum atomic E-state index is 11.0. The second-order valence-electron chi connectivity index (χ2n) is 4.19. The third-order valence-electron chi connectivity index (χ3n) is 2.98. The molecule has 0 atom stereocenters. The van der Waals surface area contributed by atoms with Crippen molar-refractivity contribution in [3.63, 3.8) is 0 Å². The molecule has 0 bridgehead atoms. The highest BCUT2D eigenvalue weighted by molar-refractivity contribution is 5.82. The van der Waals surface area contributed by atoms with Gasteiger partial charge in [0, 0.05) is 36.7 Å². The molecule has 0 saturated carbocycles. The highest BCUT2D eigenvalue weighted by Gasteiger charge is 2.09. The lowest BCUT2D eigenvalue weighted by atomic mass is 10.2. The molecule has 6 nitrogen and oxygen atoms in total. The van der Waals surface area contributed by atoms with Crippen LogP contribution in [0.4, 0.5) is 5.69 Å². The van der Waals surface area contributed by atoms with E-state index in [9.17, 15) is 14.9 Å². The zero-order valence-corrected chi connectivity index (χ0v) is 10.5. The van der Waals surface area contributed by atoms with Crippen LogP contribution in [0.25, 0.3) is 10.9 Å². The summed E-state index contributed by atoms with van der Waals surface area (Å²) in [6.45, 7) is 0.625. The number of nitrogens with zero attached hydrogens (tertiary/aromatic N) is 2. The first-order valence-corrected chi connectivity index (χ1v) is 5.92. The summed E-state index contributed by atoms with van der Waals surface area (Å²) in [6.07, 6.45) is 2.84. The van der Waals surface area contributed by atoms with Gasteiger partial charge in [0.25, 0.3) is 5.69 Å². The van der Waals surface area contributed by atoms with Crippen LogP contribution in [-0.4, -0.2) is 22.6 Å². The van der Waals surface area contributed by atoms with Crippen molar-refractivity contribution in [1.29, 1.82) is 0 Å². The zero-order valence-electron chi connectivity index (χ0n) is 10.5. The van der Waals surface area contributed by atoms with Crippen molar-refractivity contribution in [1.82, 2.24) is 4.57 Å². The van der Waals surface area contributed by atoms with Crippen molar-refractivity contribution in [2.45, 2.75) is 19.4 Å². The highest BCUT2D eigenvalue weighted by atomic mass is 16.6. The van der Waals surface area contributed by atoms with Crippen LogP contribution in [0.3, 0.4) is 0 Å². The van der Waals surface area contributed by atoms with Crippen molar-refractivity contribution in [3.05, 3.63) is 40.6 Å². The molecule has 2 aromatic rings. The van der Waals surface area contributed by atoms with Gasteiger partial charge in [-0.25, -0.2) is 0 Å². The zero-order chi connectivity index (χ0) is 13.8. The Hall–Kier alpha value is -2.37. The second-order valence-corrected chi connectivity index (χ2v) is 4.19. The topological polar surface area (TPSA) is 74.4 Å². The van der Waals surface area contributed by atoms with E-state index in [1.54, 1.807) is 12.1 Å². The molecular weight excluding hydrogens is 248 g/mol. The summed E-state index contributed by atoms with van der Waals surface area (Å²) >= 11 is 0. The Morgan fingerprint density at radius 3 is 2.89 bits per heavy atom. The summed E-state index contributed by atoms with van der Waals surface area (Å²) in [6, 6.07) is 6.66. The number of hydrogen-bond acceptors (Lipinski definition) is 4. The van der Waals surface area contributed by atoms with Gasteiger partial charge in [-0.3, -0.25) is 14.9 Å². The molecule has 19 heavy (non-hydrogen) atoms. The quantitative estimate of drug-likeness (QED) is 0.471. The first-order valence-electron chi connectivity index (χ1n) is 5.92. The fourth-order valence-electron chi connectivity index (χ4n) is 1.98. The number of aromatic nitrogens is 1. The van der Waals surface area contributed by atoms with Gasteiger partial charge in [-0.15, -0.1) is 0 Å². The number of non-ortho nitro benzene ring substituents is 1. The molecule has 6 heteroatoms. The maximum absolute atomic E-state index is 11.0. The molecule has 100 valence electrons. The van der Waals surface area contributed by atoms with E-state index in [-0.39, 0.29) is 11.7 Å². The van der Waals surface area contributed by atoms with Crippen molar-refractivity contribution < 1.29 is 14.5 Å². The molecule has 0 unspecified atom stereocenters. The lowest BCUT2D eigenvalue weighted by Crippen LogP contribution is -2.03. The molecule has 0 aliphatic rings. The summed E-state index contributed by atoms with van der Waals surface area (Å²) < 4.78 is 6.48. The molecule has 1 heterocycles. The molecule has 2 rings (SSSR count). The summed E-state index contributed by atoms with van der Waals surface area (Å²) in [5.41, 5.74) is 0.875. The van der Waals surface area contributed by atoms with Gasteiger partial charge in [0.05, 0.1) is 17.5 Å². The van der Waals surface area contributed by atoms with E-state index < -0.39 is 4.92 Å². The van der Waals surface area contributed by atoms with Crippen LogP contribution in [0.5, 0.6) is 0 Å². The van der Waals surface area contributed by atoms with E-state index in [2.05, 4.69) is 4.74 Å². The Morgan fingerprint density at radius 2 is 2.21 bits per heavy atom. The average molecular weight is 262 g/mol. The van der Waals surface area contributed by atoms with Crippen LogP contribution < -0.4 is 0 Å². The van der Waals surface area contributed by atoms with Gasteiger partial charge < -0.3 is 9.30 Å². The Morgan fingerprint density at radius 1 is 1.42 bits per heavy atom. The van der Waals surface area contributed by atoms with E-state index in [1.807, 2.05) is 16.8 Å². The van der Waals surface area contributed by atoms with Crippen molar-refractivity contribution in [2.75, 3.05) is 7.11 Å². The normalized spacial score (nSPS) is 10.6. The van der Waals surface area contributed by atoms with Gasteiger partial charge >= 0.3 is 5.97 Å². The number of nitro benzene ring substituents is 1. The van der Waals surface area contributed by atoms with E-state index in [4.69, 9.17) is 0 Å². The number of nitro groups is 1. The van der Waals surface area contributed by atoms with Crippen LogP contribution in [-0.2, 0) is 16.1 Å². The first kappa shape index (κ1) is 13.1. The number of aryl methyl sites for hydroxylation is 1. The number of esters is 1. The molecule has 0 spiro atoms. The van der Waals surface area contributed by atoms with Crippen LogP contribution >= 0.6 is 0 Å². The van der Waals surface area contributed by atoms with Crippen LogP contribution in [0, 0.1) is 10.1 Å². The number of fused-ring (bicyclic) bond motifs is 1. The second kappa shape index (κ2) is 5.51. The van der Waals surface area contributed by atoms with Crippen molar-refractivity contribution in [3.8, 4) is 0 Å². The maximum Gasteiger partial charge on any atom is 0.305 e. The number of rotatable bonds is 5. The number of benzene rings is 1. The molecule has 1 aromatic carbocycles. The van der Waals surface area contributed by atoms with Gasteiger partial charge in [-0.1, -0.05) is 0 Å². The SMILES string of the molecule is COC(=O)CCCn1ccc2ccc([N+](=O)[O-])cc21. The number of methoxy groups -OCH3 is 1. The lowest BCUT2D eigenvalue weighted by molar-refractivity contribution is -0.384. The fraction of sp³-hybridized carbons (Fsp3) is 0.308. The molecule has 1 aromatic heterocycles. The molecule has 0 amide bonds. The number of carbonyl (C=O) groups is 1. The molecule has 0 N–H and O–H groups in total. The molecule has 0 aliphatic carbocycles. The smallest absolute Gasteiger partial charge is 0.305 e. The van der Waals surface area contributed by atoms with Crippen molar-refractivity contribution in [2.24, 2.45) is 0 Å². The number of carbonyl (C=O) groups excluding carboxylic acids is 1. The molecule has 0 saturated heterocycles. The third kappa shape index (κ3) is 2.90. The van der Waals surface area contributed by atoms with E-state index in [0.717, 1.165) is 10.9 Å². The van der Waals surface area contributed by atoms with E-state index >= 15 is 0 Å². The first-order chi connectivity index (χ1) is 9.11. The standard InChI is InChI=1S/C13H14N2O4/c1-19-13(16)3-2-7-14-8-6-10-4-5-11(15(17)18)9-12(10)14/h4-6,8-9H,2-3,7H2,1H3. The van der Waals surface area contributed by atoms with Gasteiger partial charge in [0.1, 0.15) is 0 Å². The number of ether oxygens (including phenoxy) is 1. The average Bonchev–Trinajstić information content (AvgIpc) is 2.81. The predicted molar refractivity (Wildman–Crippen MR) is 69.8 cm³/mol. The largest absolute Gasteiger partial charge is 0.469 e. The summed E-state index contributed by atoms with van der Waals surface area (Å²) in [5.74, 6) is -0.248. The number of hydrogen-bond donors (Lipinski definition) is 0. The minimum atomic E-state index is -0.411. The van der Waals surface area contributed by atoms with Gasteiger partial charge in [0.15, 0.2) is 0 Å². The summed E-state index contributed by atoms with van der Waals surface area (Å²) in [4.78, 5) is 21.4. The van der Waals surface area contributed by atoms with Crippen LogP contribution in [0.2, 0.25) is 0 Å². The van der Waals surface area contributed by atoms with Crippen LogP contribution in [0.1, 0.15) is 12.8 Å². The van der Waals surface area contributed by atoms with Gasteiger partial charge in [0.2, 0.25) is 0 Å². The monoisotopic (exact) mass is 262 g/mol. The lowest BCUT2D eigenvalue weighted by Gasteiger charge is -2.04. The van der Waals surface area contributed by atoms with E-state index in [1.165, 1.54) is 13.2 Å². The van der Waals surface area contributed by atoms with Gasteiger partial charge in [-0.05, 0) is 18.6 Å². The van der Waals surface area contributed by atoms with E-state index in [0.29, 0.717) is 19.4 Å². The molecule has 0 aliphatic heterocycles. The molecule has 0 fully saturated rings. The molecular formula is C13H14N2O4. The Balaban J connectivity index is 2.16. The summed E-state index contributed by atoms with van der Waals surface area (Å²) in [7, 11) is 1.36. The minimum Gasteiger partial charge on any atom is -0.469 e. The Kier molecular flexibility index (Phi) is 3.79. The third-order valence-corrected chi connectivity index (χ3v) is 2.98.